The summed E-state index contributed by atoms with van der Waals surface area (Å²) in [7, 11) is 1.75. The van der Waals surface area contributed by atoms with E-state index in [0.29, 0.717) is 6.04 Å². The maximum absolute atomic E-state index is 5.13. The molecule has 3 nitrogen and oxygen atoms in total. The second kappa shape index (κ2) is 6.62. The molecule has 0 radical (unpaired) electrons. The molecule has 0 atom stereocenters. The first-order chi connectivity index (χ1) is 8.74. The second-order valence-corrected chi connectivity index (χ2v) is 6.13. The molecular weight excluding hydrogens is 244 g/mol. The molecule has 1 saturated carbocycles. The number of rotatable bonds is 5. The maximum Gasteiger partial charge on any atom is 0.168 e. The largest absolute Gasteiger partial charge is 0.384 e. The smallest absolute Gasteiger partial charge is 0.168 e. The molecule has 0 saturated heterocycles. The van der Waals surface area contributed by atoms with Gasteiger partial charge in [-0.05, 0) is 26.7 Å². The summed E-state index contributed by atoms with van der Waals surface area (Å²) in [5.74, 6) is 0.985. The zero-order valence-corrected chi connectivity index (χ0v) is 12.6. The van der Waals surface area contributed by atoms with Crippen LogP contribution in [0.1, 0.15) is 49.5 Å². The Hall–Kier alpha value is -0.480. The Bertz CT molecular complexity index is 383. The number of methoxy groups -OCH3 is 1. The van der Waals surface area contributed by atoms with E-state index < -0.39 is 0 Å². The first-order valence-corrected chi connectivity index (χ1v) is 7.89. The lowest BCUT2D eigenvalue weighted by molar-refractivity contribution is 0.218. The van der Waals surface area contributed by atoms with Gasteiger partial charge in [0.05, 0.1) is 12.3 Å². The number of nitrogens with zero attached hydrogens (tertiary/aromatic N) is 2. The Labute approximate surface area is 114 Å². The molecule has 1 aromatic rings. The number of ether oxygens (including phenoxy) is 1. The molecule has 18 heavy (non-hydrogen) atoms. The van der Waals surface area contributed by atoms with E-state index in [1.54, 1.807) is 7.11 Å². The van der Waals surface area contributed by atoms with Crippen molar-refractivity contribution >= 4 is 11.8 Å². The third-order valence-corrected chi connectivity index (χ3v) is 4.73. The van der Waals surface area contributed by atoms with Crippen molar-refractivity contribution in [3.05, 3.63) is 11.4 Å². The Morgan fingerprint density at radius 2 is 2.00 bits per heavy atom. The van der Waals surface area contributed by atoms with E-state index in [-0.39, 0.29) is 0 Å². The predicted molar refractivity (Wildman–Crippen MR) is 76.4 cm³/mol. The Morgan fingerprint density at radius 1 is 1.28 bits per heavy atom. The normalized spacial score (nSPS) is 17.3. The van der Waals surface area contributed by atoms with Crippen molar-refractivity contribution in [3.8, 4) is 0 Å². The van der Waals surface area contributed by atoms with Crippen LogP contribution in [0.4, 0.5) is 0 Å². The number of imidazole rings is 1. The molecule has 1 fully saturated rings. The quantitative estimate of drug-likeness (QED) is 0.601. The van der Waals surface area contributed by atoms with Gasteiger partial charge in [0.2, 0.25) is 0 Å². The SMILES string of the molecule is COCCSc1nc(C)c(C)n1C1CCCCC1. The molecular formula is C14H24N2OS. The number of aryl methyl sites for hydroxylation is 1. The van der Waals surface area contributed by atoms with Gasteiger partial charge in [-0.15, -0.1) is 0 Å². The van der Waals surface area contributed by atoms with Gasteiger partial charge in [-0.2, -0.15) is 0 Å². The lowest BCUT2D eigenvalue weighted by Crippen LogP contribution is -2.15. The molecule has 0 N–H and O–H groups in total. The van der Waals surface area contributed by atoms with E-state index in [9.17, 15) is 0 Å². The maximum atomic E-state index is 5.13. The minimum atomic E-state index is 0.671. The first kappa shape index (κ1) is 13.9. The van der Waals surface area contributed by atoms with Crippen molar-refractivity contribution < 1.29 is 4.74 Å². The molecule has 0 aliphatic heterocycles. The molecule has 1 heterocycles. The summed E-state index contributed by atoms with van der Waals surface area (Å²) < 4.78 is 7.61. The standard InChI is InChI=1S/C14H24N2OS/c1-11-12(2)16(13-7-5-4-6-8-13)14(15-11)18-10-9-17-3/h13H,4-10H2,1-3H3. The summed E-state index contributed by atoms with van der Waals surface area (Å²) in [5.41, 5.74) is 2.53. The van der Waals surface area contributed by atoms with Crippen molar-refractivity contribution in [2.45, 2.75) is 57.1 Å². The summed E-state index contributed by atoms with van der Waals surface area (Å²) in [6.07, 6.45) is 6.76. The van der Waals surface area contributed by atoms with Crippen LogP contribution in [0, 0.1) is 13.8 Å². The van der Waals surface area contributed by atoms with E-state index >= 15 is 0 Å². The van der Waals surface area contributed by atoms with Gasteiger partial charge in [0.1, 0.15) is 0 Å². The Kier molecular flexibility index (Phi) is 5.13. The van der Waals surface area contributed by atoms with E-state index in [4.69, 9.17) is 9.72 Å². The van der Waals surface area contributed by atoms with Crippen LogP contribution in [-0.2, 0) is 4.74 Å². The topological polar surface area (TPSA) is 27.1 Å². The van der Waals surface area contributed by atoms with Crippen molar-refractivity contribution in [2.75, 3.05) is 19.5 Å². The number of thioether (sulfide) groups is 1. The number of hydrogen-bond donors (Lipinski definition) is 0. The van der Waals surface area contributed by atoms with Gasteiger partial charge in [-0.25, -0.2) is 4.98 Å². The Morgan fingerprint density at radius 3 is 2.67 bits per heavy atom. The van der Waals surface area contributed by atoms with E-state index in [1.807, 2.05) is 11.8 Å². The lowest BCUT2D eigenvalue weighted by atomic mass is 9.95. The molecule has 0 bridgehead atoms. The highest BCUT2D eigenvalue weighted by molar-refractivity contribution is 7.99. The monoisotopic (exact) mass is 268 g/mol. The van der Waals surface area contributed by atoms with Crippen LogP contribution in [0.5, 0.6) is 0 Å². The molecule has 4 heteroatoms. The summed E-state index contributed by atoms with van der Waals surface area (Å²) in [6.45, 7) is 5.12. The highest BCUT2D eigenvalue weighted by Crippen LogP contribution is 2.34. The van der Waals surface area contributed by atoms with Gasteiger partial charge in [0.25, 0.3) is 0 Å². The average Bonchev–Trinajstić information content (AvgIpc) is 2.67. The summed E-state index contributed by atoms with van der Waals surface area (Å²) in [4.78, 5) is 4.73. The fourth-order valence-electron chi connectivity index (χ4n) is 2.68. The first-order valence-electron chi connectivity index (χ1n) is 6.91. The molecule has 2 rings (SSSR count). The third kappa shape index (κ3) is 3.09. The lowest BCUT2D eigenvalue weighted by Gasteiger charge is -2.26. The zero-order valence-electron chi connectivity index (χ0n) is 11.7. The van der Waals surface area contributed by atoms with Gasteiger partial charge >= 0.3 is 0 Å². The molecule has 0 amide bonds. The van der Waals surface area contributed by atoms with Crippen LogP contribution >= 0.6 is 11.8 Å². The molecule has 1 aliphatic rings. The second-order valence-electron chi connectivity index (χ2n) is 5.07. The van der Waals surface area contributed by atoms with Crippen molar-refractivity contribution in [3.63, 3.8) is 0 Å². The summed E-state index contributed by atoms with van der Waals surface area (Å²) >= 11 is 1.83. The third-order valence-electron chi connectivity index (χ3n) is 3.81. The van der Waals surface area contributed by atoms with Crippen LogP contribution in [-0.4, -0.2) is 29.0 Å². The molecule has 1 aliphatic carbocycles. The van der Waals surface area contributed by atoms with Crippen LogP contribution in [0.15, 0.2) is 5.16 Å². The van der Waals surface area contributed by atoms with Gasteiger partial charge in [-0.3, -0.25) is 0 Å². The molecule has 0 spiro atoms. The van der Waals surface area contributed by atoms with Crippen molar-refractivity contribution in [1.29, 1.82) is 0 Å². The number of aromatic nitrogens is 2. The van der Waals surface area contributed by atoms with Crippen LogP contribution < -0.4 is 0 Å². The molecule has 1 aromatic heterocycles. The molecule has 102 valence electrons. The minimum Gasteiger partial charge on any atom is -0.384 e. The predicted octanol–water partition coefficient (Wildman–Crippen LogP) is 3.74. The minimum absolute atomic E-state index is 0.671. The van der Waals surface area contributed by atoms with Crippen LogP contribution in [0.3, 0.4) is 0 Å². The summed E-state index contributed by atoms with van der Waals surface area (Å²) in [6, 6.07) is 0.671. The fraction of sp³-hybridized carbons (Fsp3) is 0.786. The van der Waals surface area contributed by atoms with Gasteiger partial charge < -0.3 is 9.30 Å². The highest BCUT2D eigenvalue weighted by atomic mass is 32.2. The van der Waals surface area contributed by atoms with Crippen LogP contribution in [0.2, 0.25) is 0 Å². The molecule has 0 aromatic carbocycles. The fourth-order valence-corrected chi connectivity index (χ4v) is 3.74. The van der Waals surface area contributed by atoms with Crippen molar-refractivity contribution in [1.82, 2.24) is 9.55 Å². The van der Waals surface area contributed by atoms with Crippen LogP contribution in [0.25, 0.3) is 0 Å². The van der Waals surface area contributed by atoms with Gasteiger partial charge in [0.15, 0.2) is 5.16 Å². The summed E-state index contributed by atoms with van der Waals surface area (Å²) in [5, 5.41) is 1.19. The highest BCUT2D eigenvalue weighted by Gasteiger charge is 2.21. The van der Waals surface area contributed by atoms with Crippen molar-refractivity contribution in [2.24, 2.45) is 0 Å². The van der Waals surface area contributed by atoms with E-state index in [1.165, 1.54) is 48.6 Å². The van der Waals surface area contributed by atoms with E-state index in [0.717, 1.165) is 12.4 Å². The van der Waals surface area contributed by atoms with E-state index in [2.05, 4.69) is 18.4 Å². The zero-order chi connectivity index (χ0) is 13.0. The molecule has 0 unspecified atom stereocenters. The average molecular weight is 268 g/mol. The number of hydrogen-bond acceptors (Lipinski definition) is 3. The van der Waals surface area contributed by atoms with Gasteiger partial charge in [0, 0.05) is 24.6 Å². The Balaban J connectivity index is 2.14. The van der Waals surface area contributed by atoms with Gasteiger partial charge in [-0.1, -0.05) is 31.0 Å².